The number of amidine groups is 2. The monoisotopic (exact) mass is 349 g/mol. The molecule has 0 atom stereocenters. The molecule has 0 saturated heterocycles. The Morgan fingerprint density at radius 2 is 1.35 bits per heavy atom. The fourth-order valence-electron chi connectivity index (χ4n) is 2.28. The zero-order valence-electron chi connectivity index (χ0n) is 12.1. The maximum absolute atomic E-state index is 7.48. The van der Waals surface area contributed by atoms with E-state index in [1.807, 2.05) is 48.5 Å². The van der Waals surface area contributed by atoms with Gasteiger partial charge in [0.15, 0.2) is 0 Å². The number of nitrogens with one attached hydrogen (secondary N) is 3. The third-order valence-electron chi connectivity index (χ3n) is 3.44. The fourth-order valence-corrected chi connectivity index (χ4v) is 2.28. The Kier molecular flexibility index (Phi) is 5.79. The lowest BCUT2D eigenvalue weighted by molar-refractivity contribution is 1.41. The van der Waals surface area contributed by atoms with Crippen LogP contribution in [0.1, 0.15) is 11.1 Å². The van der Waals surface area contributed by atoms with E-state index in [9.17, 15) is 0 Å². The predicted octanol–water partition coefficient (Wildman–Crippen LogP) is 3.25. The van der Waals surface area contributed by atoms with Gasteiger partial charge in [0, 0.05) is 27.7 Å². The zero-order valence-corrected chi connectivity index (χ0v) is 13.7. The SMILES string of the molecule is Cl.Cl.N=C(N)c1ccc(-c2cc3ccc(C(=N)N)cc3[nH]2)cc1. The number of rotatable bonds is 3. The third-order valence-corrected chi connectivity index (χ3v) is 3.44. The van der Waals surface area contributed by atoms with Gasteiger partial charge in [-0.2, -0.15) is 0 Å². The van der Waals surface area contributed by atoms with Crippen LogP contribution in [0.5, 0.6) is 0 Å². The number of fused-ring (bicyclic) bond motifs is 1. The van der Waals surface area contributed by atoms with Crippen molar-refractivity contribution < 1.29 is 0 Å². The van der Waals surface area contributed by atoms with Crippen LogP contribution in [0.15, 0.2) is 48.5 Å². The van der Waals surface area contributed by atoms with Crippen molar-refractivity contribution in [3.05, 3.63) is 59.7 Å². The smallest absolute Gasteiger partial charge is 0.122 e. The molecule has 0 amide bonds. The van der Waals surface area contributed by atoms with Crippen LogP contribution in [-0.2, 0) is 0 Å². The third kappa shape index (κ3) is 3.64. The molecule has 2 aromatic carbocycles. The van der Waals surface area contributed by atoms with E-state index in [1.165, 1.54) is 0 Å². The maximum atomic E-state index is 7.48. The van der Waals surface area contributed by atoms with E-state index in [-0.39, 0.29) is 36.5 Å². The molecular formula is C16H17Cl2N5. The van der Waals surface area contributed by atoms with Gasteiger partial charge < -0.3 is 16.5 Å². The lowest BCUT2D eigenvalue weighted by Gasteiger charge is -2.01. The molecular weight excluding hydrogens is 333 g/mol. The molecule has 0 aliphatic carbocycles. The number of aromatic amines is 1. The minimum Gasteiger partial charge on any atom is -0.384 e. The number of aromatic nitrogens is 1. The summed E-state index contributed by atoms with van der Waals surface area (Å²) in [6, 6.07) is 15.2. The van der Waals surface area contributed by atoms with Gasteiger partial charge in [0.25, 0.3) is 0 Å². The molecule has 23 heavy (non-hydrogen) atoms. The zero-order chi connectivity index (χ0) is 15.0. The average Bonchev–Trinajstić information content (AvgIpc) is 2.90. The topological polar surface area (TPSA) is 116 Å². The quantitative estimate of drug-likeness (QED) is 0.368. The van der Waals surface area contributed by atoms with Crippen molar-refractivity contribution in [2.24, 2.45) is 11.5 Å². The summed E-state index contributed by atoms with van der Waals surface area (Å²) >= 11 is 0. The normalized spacial score (nSPS) is 9.74. The Balaban J connectivity index is 0.00000132. The molecule has 0 fully saturated rings. The van der Waals surface area contributed by atoms with Gasteiger partial charge in [-0.25, -0.2) is 0 Å². The summed E-state index contributed by atoms with van der Waals surface area (Å²) in [4.78, 5) is 3.32. The van der Waals surface area contributed by atoms with Crippen LogP contribution in [-0.4, -0.2) is 16.7 Å². The molecule has 0 spiro atoms. The predicted molar refractivity (Wildman–Crippen MR) is 100 cm³/mol. The second-order valence-corrected chi connectivity index (χ2v) is 4.89. The minimum absolute atomic E-state index is 0. The highest BCUT2D eigenvalue weighted by Crippen LogP contribution is 2.25. The van der Waals surface area contributed by atoms with Crippen LogP contribution >= 0.6 is 24.8 Å². The Labute approximate surface area is 145 Å². The van der Waals surface area contributed by atoms with E-state index in [0.717, 1.165) is 22.2 Å². The number of nitrogen functional groups attached to an aromatic ring is 2. The van der Waals surface area contributed by atoms with Crippen molar-refractivity contribution in [2.45, 2.75) is 0 Å². The summed E-state index contributed by atoms with van der Waals surface area (Å²) in [7, 11) is 0. The Bertz CT molecular complexity index is 853. The molecule has 7 N–H and O–H groups in total. The van der Waals surface area contributed by atoms with Crippen LogP contribution < -0.4 is 11.5 Å². The standard InChI is InChI=1S/C16H15N5.2ClH/c17-15(18)10-3-1-9(2-4-10)13-7-11-5-6-12(16(19)20)8-14(11)21-13;;/h1-8,21H,(H3,17,18)(H3,19,20);2*1H. The molecule has 0 bridgehead atoms. The van der Waals surface area contributed by atoms with Crippen molar-refractivity contribution in [3.63, 3.8) is 0 Å². The fraction of sp³-hybridized carbons (Fsp3) is 0. The van der Waals surface area contributed by atoms with Gasteiger partial charge in [-0.05, 0) is 17.7 Å². The van der Waals surface area contributed by atoms with Crippen molar-refractivity contribution in [1.82, 2.24) is 4.98 Å². The molecule has 3 aromatic rings. The van der Waals surface area contributed by atoms with Gasteiger partial charge in [-0.15, -0.1) is 24.8 Å². The summed E-state index contributed by atoms with van der Waals surface area (Å²) in [6.07, 6.45) is 0. The molecule has 0 aliphatic rings. The summed E-state index contributed by atoms with van der Waals surface area (Å²) in [6.45, 7) is 0. The van der Waals surface area contributed by atoms with Crippen molar-refractivity contribution in [2.75, 3.05) is 0 Å². The van der Waals surface area contributed by atoms with E-state index in [1.54, 1.807) is 0 Å². The molecule has 5 nitrogen and oxygen atoms in total. The Hall–Kier alpha value is -2.50. The molecule has 0 unspecified atom stereocenters. The van der Waals surface area contributed by atoms with Crippen LogP contribution in [0.2, 0.25) is 0 Å². The Morgan fingerprint density at radius 1 is 0.783 bits per heavy atom. The first kappa shape index (κ1) is 18.5. The first-order valence-electron chi connectivity index (χ1n) is 6.46. The van der Waals surface area contributed by atoms with Gasteiger partial charge in [0.1, 0.15) is 11.7 Å². The minimum atomic E-state index is 0. The summed E-state index contributed by atoms with van der Waals surface area (Å²) in [5.74, 6) is 0.114. The summed E-state index contributed by atoms with van der Waals surface area (Å²) in [5.41, 5.74) is 15.3. The van der Waals surface area contributed by atoms with Gasteiger partial charge in [-0.3, -0.25) is 10.8 Å². The van der Waals surface area contributed by atoms with E-state index in [2.05, 4.69) is 4.98 Å². The van der Waals surface area contributed by atoms with Crippen LogP contribution in [0.3, 0.4) is 0 Å². The highest BCUT2D eigenvalue weighted by molar-refractivity contribution is 5.99. The second kappa shape index (κ2) is 7.17. The number of halogens is 2. The van der Waals surface area contributed by atoms with E-state index in [4.69, 9.17) is 22.3 Å². The van der Waals surface area contributed by atoms with Gasteiger partial charge in [0.2, 0.25) is 0 Å². The van der Waals surface area contributed by atoms with Crippen LogP contribution in [0.25, 0.3) is 22.2 Å². The molecule has 3 rings (SSSR count). The number of nitrogens with two attached hydrogens (primary N) is 2. The van der Waals surface area contributed by atoms with Gasteiger partial charge in [0.05, 0.1) is 0 Å². The number of hydrogen-bond donors (Lipinski definition) is 5. The molecule has 0 radical (unpaired) electrons. The first-order chi connectivity index (χ1) is 10.0. The molecule has 120 valence electrons. The molecule has 0 aliphatic heterocycles. The highest BCUT2D eigenvalue weighted by atomic mass is 35.5. The lowest BCUT2D eigenvalue weighted by Crippen LogP contribution is -2.10. The van der Waals surface area contributed by atoms with E-state index < -0.39 is 0 Å². The largest absolute Gasteiger partial charge is 0.384 e. The van der Waals surface area contributed by atoms with Crippen molar-refractivity contribution >= 4 is 47.4 Å². The number of benzene rings is 2. The Morgan fingerprint density at radius 3 is 1.91 bits per heavy atom. The average molecular weight is 350 g/mol. The van der Waals surface area contributed by atoms with Crippen molar-refractivity contribution in [1.29, 1.82) is 10.8 Å². The van der Waals surface area contributed by atoms with E-state index >= 15 is 0 Å². The van der Waals surface area contributed by atoms with Crippen molar-refractivity contribution in [3.8, 4) is 11.3 Å². The van der Waals surface area contributed by atoms with Crippen LogP contribution in [0, 0.1) is 10.8 Å². The highest BCUT2D eigenvalue weighted by Gasteiger charge is 2.06. The van der Waals surface area contributed by atoms with Gasteiger partial charge >= 0.3 is 0 Å². The number of hydrogen-bond acceptors (Lipinski definition) is 2. The summed E-state index contributed by atoms with van der Waals surface area (Å²) in [5, 5.41) is 15.9. The lowest BCUT2D eigenvalue weighted by atomic mass is 10.1. The van der Waals surface area contributed by atoms with E-state index in [0.29, 0.717) is 11.1 Å². The second-order valence-electron chi connectivity index (χ2n) is 4.89. The molecule has 1 aromatic heterocycles. The first-order valence-corrected chi connectivity index (χ1v) is 6.46. The maximum Gasteiger partial charge on any atom is 0.122 e. The number of H-pyrrole nitrogens is 1. The summed E-state index contributed by atoms with van der Waals surface area (Å²) < 4.78 is 0. The van der Waals surface area contributed by atoms with Gasteiger partial charge in [-0.1, -0.05) is 36.4 Å². The molecule has 1 heterocycles. The molecule has 0 saturated carbocycles. The molecule has 7 heteroatoms. The van der Waals surface area contributed by atoms with Crippen LogP contribution in [0.4, 0.5) is 0 Å².